The number of allylic oxidation sites excluding steroid dienone is 1. The Bertz CT molecular complexity index is 463. The molecule has 1 aliphatic heterocycles. The van der Waals surface area contributed by atoms with Gasteiger partial charge in [-0.3, -0.25) is 9.48 Å². The van der Waals surface area contributed by atoms with Gasteiger partial charge in [0.15, 0.2) is 0 Å². The van der Waals surface area contributed by atoms with Gasteiger partial charge in [0.25, 0.3) is 5.91 Å². The van der Waals surface area contributed by atoms with E-state index in [4.69, 9.17) is 0 Å². The first-order valence-corrected chi connectivity index (χ1v) is 7.88. The van der Waals surface area contributed by atoms with E-state index in [1.54, 1.807) is 6.07 Å². The van der Waals surface area contributed by atoms with Gasteiger partial charge in [-0.25, -0.2) is 0 Å². The maximum absolute atomic E-state index is 12.2. The SMILES string of the molecule is C=CCCCC(C)NC(=O)c1ccn(C2CCCNC2)n1. The first-order valence-electron chi connectivity index (χ1n) is 7.88. The molecule has 0 radical (unpaired) electrons. The van der Waals surface area contributed by atoms with Crippen LogP contribution < -0.4 is 10.6 Å². The fourth-order valence-corrected chi connectivity index (χ4v) is 2.66. The number of aromatic nitrogens is 2. The molecule has 1 amide bonds. The summed E-state index contributed by atoms with van der Waals surface area (Å²) in [6.45, 7) is 7.75. The molecular weight excluding hydrogens is 264 g/mol. The average Bonchev–Trinajstić information content (AvgIpc) is 2.98. The molecule has 2 rings (SSSR count). The molecule has 0 bridgehead atoms. The molecule has 1 aromatic rings. The number of unbranched alkanes of at least 4 members (excludes halogenated alkanes) is 1. The number of hydrogen-bond acceptors (Lipinski definition) is 3. The second-order valence-corrected chi connectivity index (χ2v) is 5.78. The zero-order valence-corrected chi connectivity index (χ0v) is 12.8. The van der Waals surface area contributed by atoms with E-state index < -0.39 is 0 Å². The van der Waals surface area contributed by atoms with E-state index in [2.05, 4.69) is 22.3 Å². The fourth-order valence-electron chi connectivity index (χ4n) is 2.66. The van der Waals surface area contributed by atoms with Crippen molar-refractivity contribution in [2.45, 2.75) is 51.1 Å². The van der Waals surface area contributed by atoms with Gasteiger partial charge >= 0.3 is 0 Å². The van der Waals surface area contributed by atoms with Crippen molar-refractivity contribution in [3.63, 3.8) is 0 Å². The number of rotatable bonds is 7. The van der Waals surface area contributed by atoms with Gasteiger partial charge in [0.05, 0.1) is 6.04 Å². The maximum atomic E-state index is 12.2. The third-order valence-corrected chi connectivity index (χ3v) is 3.91. The van der Waals surface area contributed by atoms with E-state index in [0.717, 1.165) is 45.2 Å². The topological polar surface area (TPSA) is 59.0 Å². The van der Waals surface area contributed by atoms with Crippen LogP contribution in [0, 0.1) is 0 Å². The van der Waals surface area contributed by atoms with Crippen molar-refractivity contribution < 1.29 is 4.79 Å². The maximum Gasteiger partial charge on any atom is 0.271 e. The Labute approximate surface area is 126 Å². The quantitative estimate of drug-likeness (QED) is 0.598. The molecular formula is C16H26N4O. The molecule has 1 aliphatic rings. The second kappa shape index (κ2) is 7.98. The summed E-state index contributed by atoms with van der Waals surface area (Å²) < 4.78 is 1.92. The third kappa shape index (κ3) is 4.70. The third-order valence-electron chi connectivity index (χ3n) is 3.91. The van der Waals surface area contributed by atoms with Crippen LogP contribution in [-0.4, -0.2) is 34.8 Å². The molecule has 1 aromatic heterocycles. The van der Waals surface area contributed by atoms with Gasteiger partial charge in [0.1, 0.15) is 5.69 Å². The largest absolute Gasteiger partial charge is 0.348 e. The highest BCUT2D eigenvalue weighted by Crippen LogP contribution is 2.15. The summed E-state index contributed by atoms with van der Waals surface area (Å²) in [5, 5.41) is 10.8. The molecule has 2 heterocycles. The minimum atomic E-state index is -0.0800. The Morgan fingerprint density at radius 2 is 2.57 bits per heavy atom. The number of carbonyl (C=O) groups excluding carboxylic acids is 1. The minimum Gasteiger partial charge on any atom is -0.348 e. The molecule has 0 saturated carbocycles. The van der Waals surface area contributed by atoms with Crippen LogP contribution in [0.2, 0.25) is 0 Å². The van der Waals surface area contributed by atoms with Crippen LogP contribution in [0.5, 0.6) is 0 Å². The summed E-state index contributed by atoms with van der Waals surface area (Å²) in [6, 6.07) is 2.34. The van der Waals surface area contributed by atoms with Crippen LogP contribution in [0.1, 0.15) is 55.6 Å². The molecule has 2 N–H and O–H groups in total. The van der Waals surface area contributed by atoms with Crippen LogP contribution in [0.4, 0.5) is 0 Å². The van der Waals surface area contributed by atoms with Gasteiger partial charge in [-0.05, 0) is 51.6 Å². The summed E-state index contributed by atoms with van der Waals surface area (Å²) in [5.74, 6) is -0.0800. The van der Waals surface area contributed by atoms with Crippen LogP contribution in [0.25, 0.3) is 0 Å². The van der Waals surface area contributed by atoms with Crippen molar-refractivity contribution in [3.8, 4) is 0 Å². The zero-order chi connectivity index (χ0) is 15.1. The molecule has 5 nitrogen and oxygen atoms in total. The lowest BCUT2D eigenvalue weighted by Crippen LogP contribution is -2.34. The van der Waals surface area contributed by atoms with Gasteiger partial charge in [-0.2, -0.15) is 5.10 Å². The molecule has 0 spiro atoms. The number of nitrogens with zero attached hydrogens (tertiary/aromatic N) is 2. The average molecular weight is 290 g/mol. The van der Waals surface area contributed by atoms with Gasteiger partial charge < -0.3 is 10.6 Å². The van der Waals surface area contributed by atoms with E-state index in [1.165, 1.54) is 0 Å². The first-order chi connectivity index (χ1) is 10.2. The molecule has 116 valence electrons. The Balaban J connectivity index is 1.84. The van der Waals surface area contributed by atoms with Crippen LogP contribution in [0.15, 0.2) is 24.9 Å². The molecule has 0 aliphatic carbocycles. The lowest BCUT2D eigenvalue weighted by Gasteiger charge is -2.22. The number of piperidine rings is 1. The summed E-state index contributed by atoms with van der Waals surface area (Å²) in [6.07, 6.45) is 9.10. The van der Waals surface area contributed by atoms with E-state index in [1.807, 2.05) is 23.9 Å². The Morgan fingerprint density at radius 3 is 3.29 bits per heavy atom. The van der Waals surface area contributed by atoms with Crippen molar-refractivity contribution in [2.75, 3.05) is 13.1 Å². The van der Waals surface area contributed by atoms with Gasteiger partial charge in [-0.1, -0.05) is 6.08 Å². The number of amides is 1. The first kappa shape index (κ1) is 15.8. The monoisotopic (exact) mass is 290 g/mol. The van der Waals surface area contributed by atoms with E-state index in [0.29, 0.717) is 11.7 Å². The van der Waals surface area contributed by atoms with Gasteiger partial charge in [0, 0.05) is 18.8 Å². The molecule has 2 atom stereocenters. The number of hydrogen-bond donors (Lipinski definition) is 2. The summed E-state index contributed by atoms with van der Waals surface area (Å²) in [7, 11) is 0. The van der Waals surface area contributed by atoms with Gasteiger partial charge in [-0.15, -0.1) is 6.58 Å². The highest BCUT2D eigenvalue weighted by Gasteiger charge is 2.18. The van der Waals surface area contributed by atoms with Crippen molar-refractivity contribution in [3.05, 3.63) is 30.6 Å². The van der Waals surface area contributed by atoms with E-state index in [9.17, 15) is 4.79 Å². The molecule has 1 fully saturated rings. The van der Waals surface area contributed by atoms with Crippen molar-refractivity contribution in [1.29, 1.82) is 0 Å². The minimum absolute atomic E-state index is 0.0800. The van der Waals surface area contributed by atoms with Crippen LogP contribution in [-0.2, 0) is 0 Å². The normalized spacial score (nSPS) is 20.0. The summed E-state index contributed by atoms with van der Waals surface area (Å²) in [4.78, 5) is 12.2. The number of nitrogens with one attached hydrogen (secondary N) is 2. The summed E-state index contributed by atoms with van der Waals surface area (Å²) in [5.41, 5.74) is 0.510. The number of carbonyl (C=O) groups is 1. The standard InChI is InChI=1S/C16H26N4O/c1-3-4-5-7-13(2)18-16(21)15-9-11-20(19-15)14-8-6-10-17-12-14/h3,9,11,13-14,17H,1,4-8,10,12H2,2H3,(H,18,21). The predicted molar refractivity (Wildman–Crippen MR) is 84.3 cm³/mol. The van der Waals surface area contributed by atoms with Gasteiger partial charge in [0.2, 0.25) is 0 Å². The molecule has 21 heavy (non-hydrogen) atoms. The highest BCUT2D eigenvalue weighted by molar-refractivity contribution is 5.92. The van der Waals surface area contributed by atoms with E-state index in [-0.39, 0.29) is 11.9 Å². The van der Waals surface area contributed by atoms with Crippen molar-refractivity contribution in [1.82, 2.24) is 20.4 Å². The Kier molecular flexibility index (Phi) is 5.99. The fraction of sp³-hybridized carbons (Fsp3) is 0.625. The van der Waals surface area contributed by atoms with Crippen LogP contribution in [0.3, 0.4) is 0 Å². The highest BCUT2D eigenvalue weighted by atomic mass is 16.2. The lowest BCUT2D eigenvalue weighted by atomic mass is 10.1. The molecule has 2 unspecified atom stereocenters. The Hall–Kier alpha value is -1.62. The summed E-state index contributed by atoms with van der Waals surface area (Å²) >= 11 is 0. The molecule has 5 heteroatoms. The predicted octanol–water partition coefficient (Wildman–Crippen LogP) is 2.28. The lowest BCUT2D eigenvalue weighted by molar-refractivity contribution is 0.0931. The second-order valence-electron chi connectivity index (χ2n) is 5.78. The van der Waals surface area contributed by atoms with E-state index >= 15 is 0 Å². The van der Waals surface area contributed by atoms with Crippen molar-refractivity contribution in [2.24, 2.45) is 0 Å². The molecule has 0 aromatic carbocycles. The van der Waals surface area contributed by atoms with Crippen LogP contribution >= 0.6 is 0 Å². The molecule has 1 saturated heterocycles. The smallest absolute Gasteiger partial charge is 0.271 e. The Morgan fingerprint density at radius 1 is 1.71 bits per heavy atom. The zero-order valence-electron chi connectivity index (χ0n) is 12.8. The van der Waals surface area contributed by atoms with Crippen molar-refractivity contribution >= 4 is 5.91 Å².